The van der Waals surface area contributed by atoms with Gasteiger partial charge in [-0.25, -0.2) is 9.37 Å². The molecular formula is C24H24Cl2FN3O3. The molecule has 0 fully saturated rings. The van der Waals surface area contributed by atoms with E-state index in [0.29, 0.717) is 23.1 Å². The summed E-state index contributed by atoms with van der Waals surface area (Å²) in [5.41, 5.74) is 8.26. The van der Waals surface area contributed by atoms with Crippen molar-refractivity contribution in [3.05, 3.63) is 75.7 Å². The molecule has 33 heavy (non-hydrogen) atoms. The number of hydrogen-bond donors (Lipinski definition) is 3. The number of hydrogen-bond acceptors (Lipinski definition) is 5. The number of rotatable bonds is 8. The van der Waals surface area contributed by atoms with Crippen LogP contribution in [0.4, 0.5) is 10.2 Å². The first-order valence-corrected chi connectivity index (χ1v) is 11.1. The normalized spacial score (nSPS) is 12.8. The Morgan fingerprint density at radius 3 is 2.55 bits per heavy atom. The monoisotopic (exact) mass is 491 g/mol. The number of carbonyl (C=O) groups is 1. The summed E-state index contributed by atoms with van der Waals surface area (Å²) >= 11 is 12.3. The Hall–Kier alpha value is -2.87. The number of aliphatic hydroxyl groups is 1. The molecule has 0 bridgehead atoms. The number of carbonyl (C=O) groups excluding carboxylic acids is 1. The molecule has 9 heteroatoms. The Morgan fingerprint density at radius 1 is 1.21 bits per heavy atom. The molecule has 1 amide bonds. The number of amides is 1. The van der Waals surface area contributed by atoms with Gasteiger partial charge in [0.05, 0.1) is 17.7 Å². The largest absolute Gasteiger partial charge is 0.482 e. The van der Waals surface area contributed by atoms with Crippen LogP contribution in [-0.4, -0.2) is 28.6 Å². The molecule has 174 valence electrons. The highest BCUT2D eigenvalue weighted by molar-refractivity contribution is 6.36. The van der Waals surface area contributed by atoms with Crippen molar-refractivity contribution in [3.8, 4) is 16.9 Å². The first-order chi connectivity index (χ1) is 15.7. The van der Waals surface area contributed by atoms with E-state index in [2.05, 4.69) is 10.3 Å². The maximum atomic E-state index is 13.9. The van der Waals surface area contributed by atoms with Crippen LogP contribution in [0.25, 0.3) is 11.1 Å². The average molecular weight is 492 g/mol. The zero-order chi connectivity index (χ0) is 24.1. The molecule has 3 rings (SSSR count). The molecule has 4 N–H and O–H groups in total. The van der Waals surface area contributed by atoms with Gasteiger partial charge in [-0.05, 0) is 49.2 Å². The number of nitrogen functional groups attached to an aromatic ring is 1. The third kappa shape index (κ3) is 5.74. The fraction of sp³-hybridized carbons (Fsp3) is 0.250. The number of aromatic nitrogens is 1. The SMILES string of the molecule is CC[C@H](CO)NC(=O)c1ccc(-c2cnc(N)c(OC(C)c3c(Cl)ccc(F)c3Cl)c2)cc1. The van der Waals surface area contributed by atoms with Crippen molar-refractivity contribution in [1.29, 1.82) is 0 Å². The number of aliphatic hydroxyl groups excluding tert-OH is 1. The molecule has 0 spiro atoms. The Labute approximate surface area is 201 Å². The van der Waals surface area contributed by atoms with Gasteiger partial charge in [-0.3, -0.25) is 4.79 Å². The van der Waals surface area contributed by atoms with Crippen molar-refractivity contribution in [3.63, 3.8) is 0 Å². The lowest BCUT2D eigenvalue weighted by Crippen LogP contribution is -2.36. The number of halogens is 3. The van der Waals surface area contributed by atoms with Gasteiger partial charge in [0, 0.05) is 27.9 Å². The van der Waals surface area contributed by atoms with E-state index >= 15 is 0 Å². The van der Waals surface area contributed by atoms with E-state index in [9.17, 15) is 14.3 Å². The summed E-state index contributed by atoms with van der Waals surface area (Å²) in [5.74, 6) is -0.425. The fourth-order valence-corrected chi connectivity index (χ4v) is 3.91. The van der Waals surface area contributed by atoms with E-state index in [4.69, 9.17) is 33.7 Å². The molecule has 0 saturated heterocycles. The van der Waals surface area contributed by atoms with Crippen molar-refractivity contribution >= 4 is 34.9 Å². The molecule has 2 aromatic carbocycles. The van der Waals surface area contributed by atoms with Crippen LogP contribution >= 0.6 is 23.2 Å². The molecule has 0 aliphatic carbocycles. The summed E-state index contributed by atoms with van der Waals surface area (Å²) in [4.78, 5) is 16.5. The number of pyridine rings is 1. The lowest BCUT2D eigenvalue weighted by molar-refractivity contribution is 0.0915. The molecule has 3 aromatic rings. The van der Waals surface area contributed by atoms with Gasteiger partial charge in [-0.1, -0.05) is 42.3 Å². The zero-order valence-corrected chi connectivity index (χ0v) is 19.6. The molecule has 1 heterocycles. The maximum Gasteiger partial charge on any atom is 0.251 e. The van der Waals surface area contributed by atoms with Crippen LogP contribution in [0.15, 0.2) is 48.7 Å². The molecule has 0 radical (unpaired) electrons. The molecule has 0 saturated carbocycles. The first kappa shape index (κ1) is 24.8. The van der Waals surface area contributed by atoms with E-state index in [1.807, 2.05) is 6.92 Å². The highest BCUT2D eigenvalue weighted by Gasteiger charge is 2.20. The number of nitrogens with one attached hydrogen (secondary N) is 1. The molecule has 1 aromatic heterocycles. The molecule has 6 nitrogen and oxygen atoms in total. The van der Waals surface area contributed by atoms with Crippen LogP contribution in [0.1, 0.15) is 42.3 Å². The average Bonchev–Trinajstić information content (AvgIpc) is 2.81. The number of nitrogens with zero attached hydrogens (tertiary/aromatic N) is 1. The smallest absolute Gasteiger partial charge is 0.251 e. The minimum Gasteiger partial charge on any atom is -0.482 e. The number of benzene rings is 2. The van der Waals surface area contributed by atoms with Crippen LogP contribution in [0, 0.1) is 5.82 Å². The first-order valence-electron chi connectivity index (χ1n) is 10.3. The summed E-state index contributed by atoms with van der Waals surface area (Å²) in [6.45, 7) is 3.45. The van der Waals surface area contributed by atoms with Crippen molar-refractivity contribution in [2.24, 2.45) is 0 Å². The Morgan fingerprint density at radius 2 is 1.91 bits per heavy atom. The second-order valence-electron chi connectivity index (χ2n) is 7.46. The Bertz CT molecular complexity index is 1140. The third-order valence-corrected chi connectivity index (χ3v) is 5.91. The van der Waals surface area contributed by atoms with Gasteiger partial charge in [0.1, 0.15) is 11.9 Å². The standard InChI is InChI=1S/C24H24Cl2FN3O3/c1-3-17(12-31)30-24(32)15-6-4-14(5-7-15)16-10-20(23(28)29-11-16)33-13(2)21-18(25)8-9-19(27)22(21)26/h4-11,13,17,31H,3,12H2,1-2H3,(H2,28,29)(H,30,32)/t13?,17-/m1/s1. The van der Waals surface area contributed by atoms with Crippen molar-refractivity contribution in [2.75, 3.05) is 12.3 Å². The molecule has 1 unspecified atom stereocenters. The summed E-state index contributed by atoms with van der Waals surface area (Å²) < 4.78 is 19.8. The van der Waals surface area contributed by atoms with Gasteiger partial charge < -0.3 is 20.9 Å². The lowest BCUT2D eigenvalue weighted by atomic mass is 10.0. The topological polar surface area (TPSA) is 97.5 Å². The quantitative estimate of drug-likeness (QED) is 0.365. The predicted molar refractivity (Wildman–Crippen MR) is 128 cm³/mol. The lowest BCUT2D eigenvalue weighted by Gasteiger charge is -2.19. The van der Waals surface area contributed by atoms with E-state index in [0.717, 1.165) is 5.56 Å². The highest BCUT2D eigenvalue weighted by atomic mass is 35.5. The van der Waals surface area contributed by atoms with Crippen molar-refractivity contribution in [1.82, 2.24) is 10.3 Å². The van der Waals surface area contributed by atoms with Crippen molar-refractivity contribution < 1.29 is 19.0 Å². The molecular weight excluding hydrogens is 468 g/mol. The number of anilines is 1. The third-order valence-electron chi connectivity index (χ3n) is 5.20. The van der Waals surface area contributed by atoms with Gasteiger partial charge in [0.15, 0.2) is 11.6 Å². The minimum absolute atomic E-state index is 0.113. The van der Waals surface area contributed by atoms with E-state index < -0.39 is 11.9 Å². The second kappa shape index (κ2) is 10.8. The summed E-state index contributed by atoms with van der Waals surface area (Å²) in [7, 11) is 0. The highest BCUT2D eigenvalue weighted by Crippen LogP contribution is 2.37. The molecule has 0 aliphatic rings. The van der Waals surface area contributed by atoms with Crippen LogP contribution < -0.4 is 15.8 Å². The van der Waals surface area contributed by atoms with Gasteiger partial charge >= 0.3 is 0 Å². The van der Waals surface area contributed by atoms with Crippen LogP contribution in [-0.2, 0) is 0 Å². The fourth-order valence-electron chi connectivity index (χ4n) is 3.23. The van der Waals surface area contributed by atoms with Crippen LogP contribution in [0.2, 0.25) is 10.0 Å². The van der Waals surface area contributed by atoms with Gasteiger partial charge in [0.2, 0.25) is 0 Å². The van der Waals surface area contributed by atoms with E-state index in [1.165, 1.54) is 12.1 Å². The summed E-state index contributed by atoms with van der Waals surface area (Å²) in [5, 5.41) is 12.2. The number of nitrogens with two attached hydrogens (primary N) is 1. The molecule has 0 aliphatic heterocycles. The van der Waals surface area contributed by atoms with Gasteiger partial charge in [0.25, 0.3) is 5.91 Å². The minimum atomic E-state index is -0.691. The summed E-state index contributed by atoms with van der Waals surface area (Å²) in [6.07, 6.45) is 1.53. The molecule has 2 atom stereocenters. The zero-order valence-electron chi connectivity index (χ0n) is 18.1. The second-order valence-corrected chi connectivity index (χ2v) is 8.25. The van der Waals surface area contributed by atoms with Crippen LogP contribution in [0.5, 0.6) is 5.75 Å². The van der Waals surface area contributed by atoms with Crippen molar-refractivity contribution in [2.45, 2.75) is 32.4 Å². The number of ether oxygens (including phenoxy) is 1. The maximum absolute atomic E-state index is 13.9. The van der Waals surface area contributed by atoms with E-state index in [1.54, 1.807) is 43.5 Å². The Kier molecular flexibility index (Phi) is 8.13. The predicted octanol–water partition coefficient (Wildman–Crippen LogP) is 5.42. The van der Waals surface area contributed by atoms with Gasteiger partial charge in [-0.2, -0.15) is 0 Å². The van der Waals surface area contributed by atoms with E-state index in [-0.39, 0.29) is 40.2 Å². The Balaban J connectivity index is 1.82. The van der Waals surface area contributed by atoms with Gasteiger partial charge in [-0.15, -0.1) is 0 Å². The van der Waals surface area contributed by atoms with Crippen LogP contribution in [0.3, 0.4) is 0 Å². The summed E-state index contributed by atoms with van der Waals surface area (Å²) in [6, 6.07) is 10.9.